The summed E-state index contributed by atoms with van der Waals surface area (Å²) in [6.45, 7) is 1.27. The van der Waals surface area contributed by atoms with Gasteiger partial charge in [0.1, 0.15) is 0 Å². The second-order valence-electron chi connectivity index (χ2n) is 7.84. The number of morpholine rings is 1. The summed E-state index contributed by atoms with van der Waals surface area (Å²) in [5.74, 6) is 0. The third-order valence-electron chi connectivity index (χ3n) is 5.84. The van der Waals surface area contributed by atoms with Gasteiger partial charge >= 0.3 is 0 Å². The quantitative estimate of drug-likeness (QED) is 0.415. The molecule has 2 aliphatic rings. The van der Waals surface area contributed by atoms with E-state index in [0.29, 0.717) is 13.2 Å². The zero-order valence-electron chi connectivity index (χ0n) is 18.0. The lowest BCUT2D eigenvalue weighted by Crippen LogP contribution is -2.45. The molecule has 1 aromatic carbocycles. The van der Waals surface area contributed by atoms with Crippen molar-refractivity contribution in [2.24, 2.45) is 0 Å². The van der Waals surface area contributed by atoms with E-state index in [1.807, 2.05) is 0 Å². The molecule has 186 valence electrons. The zero-order valence-corrected chi connectivity index (χ0v) is 20.5. The highest BCUT2D eigenvalue weighted by atomic mass is 32.2. The molecule has 0 aliphatic carbocycles. The first-order valence-electron chi connectivity index (χ1n) is 10.5. The standard InChI is InChI=1S/C19H24N4O8S3/c24-22(16-2-1-3-17(14-16)33(27,28)21-9-11-31-12-10-21)15-4-7-20(8-5-15)34(29,30)19-18(23(25)26)6-13-32-19/h1-3,6,13-15,24H,4-5,7-12H2. The Bertz CT molecular complexity index is 1250. The summed E-state index contributed by atoms with van der Waals surface area (Å²) in [5.41, 5.74) is -0.168. The van der Waals surface area contributed by atoms with Crippen LogP contribution in [0, 0.1) is 10.1 Å². The molecule has 2 saturated heterocycles. The average Bonchev–Trinajstić information content (AvgIpc) is 3.36. The Kier molecular flexibility index (Phi) is 7.23. The van der Waals surface area contributed by atoms with Gasteiger partial charge in [-0.3, -0.25) is 20.4 Å². The number of sulfonamides is 2. The Hall–Kier alpha value is -2.14. The van der Waals surface area contributed by atoms with Crippen molar-refractivity contribution in [2.45, 2.75) is 28.0 Å². The van der Waals surface area contributed by atoms with Crippen molar-refractivity contribution in [3.05, 3.63) is 45.8 Å². The van der Waals surface area contributed by atoms with Crippen molar-refractivity contribution in [3.8, 4) is 0 Å². The monoisotopic (exact) mass is 532 g/mol. The number of thiophene rings is 1. The Labute approximate surface area is 201 Å². The van der Waals surface area contributed by atoms with Gasteiger partial charge < -0.3 is 4.74 Å². The first-order chi connectivity index (χ1) is 16.1. The van der Waals surface area contributed by atoms with E-state index in [0.717, 1.165) is 22.5 Å². The molecule has 12 nitrogen and oxygen atoms in total. The van der Waals surface area contributed by atoms with Crippen LogP contribution in [-0.2, 0) is 24.8 Å². The Morgan fingerprint density at radius 2 is 1.68 bits per heavy atom. The summed E-state index contributed by atoms with van der Waals surface area (Å²) in [5, 5.41) is 24.3. The van der Waals surface area contributed by atoms with Crippen molar-refractivity contribution >= 4 is 42.8 Å². The lowest BCUT2D eigenvalue weighted by atomic mass is 10.1. The van der Waals surface area contributed by atoms with E-state index in [9.17, 15) is 32.2 Å². The van der Waals surface area contributed by atoms with E-state index in [4.69, 9.17) is 4.74 Å². The van der Waals surface area contributed by atoms with Gasteiger partial charge in [0.2, 0.25) is 14.2 Å². The van der Waals surface area contributed by atoms with Crippen molar-refractivity contribution < 1.29 is 31.7 Å². The first-order valence-corrected chi connectivity index (χ1v) is 14.3. The van der Waals surface area contributed by atoms with Crippen molar-refractivity contribution in [2.75, 3.05) is 44.5 Å². The summed E-state index contributed by atoms with van der Waals surface area (Å²) in [7, 11) is -7.77. The van der Waals surface area contributed by atoms with Crippen LogP contribution in [0.4, 0.5) is 11.4 Å². The molecule has 15 heteroatoms. The van der Waals surface area contributed by atoms with Crippen molar-refractivity contribution in [1.29, 1.82) is 0 Å². The maximum Gasteiger partial charge on any atom is 0.300 e. The molecule has 1 N–H and O–H groups in total. The van der Waals surface area contributed by atoms with E-state index in [2.05, 4.69) is 0 Å². The average molecular weight is 533 g/mol. The summed E-state index contributed by atoms with van der Waals surface area (Å²) in [6, 6.07) is 6.69. The molecule has 2 fully saturated rings. The fourth-order valence-electron chi connectivity index (χ4n) is 3.99. The number of rotatable bonds is 7. The van der Waals surface area contributed by atoms with Crippen LogP contribution in [0.3, 0.4) is 0 Å². The minimum atomic E-state index is -4.03. The van der Waals surface area contributed by atoms with E-state index >= 15 is 0 Å². The molecule has 1 aromatic heterocycles. The van der Waals surface area contributed by atoms with Gasteiger partial charge in [0.15, 0.2) is 0 Å². The number of piperidine rings is 1. The van der Waals surface area contributed by atoms with Crippen molar-refractivity contribution in [3.63, 3.8) is 0 Å². The molecule has 34 heavy (non-hydrogen) atoms. The van der Waals surface area contributed by atoms with E-state index in [1.165, 1.54) is 26.1 Å². The molecular formula is C19H24N4O8S3. The highest BCUT2D eigenvalue weighted by Gasteiger charge is 2.37. The van der Waals surface area contributed by atoms with Crippen molar-refractivity contribution in [1.82, 2.24) is 8.61 Å². The predicted molar refractivity (Wildman–Crippen MR) is 123 cm³/mol. The summed E-state index contributed by atoms with van der Waals surface area (Å²) in [6.07, 6.45) is 0.519. The van der Waals surface area contributed by atoms with E-state index in [-0.39, 0.29) is 53.8 Å². The largest absolute Gasteiger partial charge is 0.379 e. The van der Waals surface area contributed by atoms with Gasteiger partial charge in [-0.15, -0.1) is 11.3 Å². The molecule has 0 spiro atoms. The Morgan fingerprint density at radius 1 is 1.03 bits per heavy atom. The van der Waals surface area contributed by atoms with Gasteiger partial charge in [0.05, 0.1) is 34.8 Å². The smallest absolute Gasteiger partial charge is 0.300 e. The lowest BCUT2D eigenvalue weighted by molar-refractivity contribution is -0.387. The topological polar surface area (TPSA) is 151 Å². The van der Waals surface area contributed by atoms with Crippen LogP contribution in [0.5, 0.6) is 0 Å². The minimum Gasteiger partial charge on any atom is -0.379 e. The van der Waals surface area contributed by atoms with E-state index in [1.54, 1.807) is 12.1 Å². The summed E-state index contributed by atoms with van der Waals surface area (Å²) in [4.78, 5) is 10.5. The van der Waals surface area contributed by atoms with Crippen LogP contribution in [0.25, 0.3) is 0 Å². The van der Waals surface area contributed by atoms with Gasteiger partial charge in [-0.2, -0.15) is 8.61 Å². The number of ether oxygens (including phenoxy) is 1. The van der Waals surface area contributed by atoms with Crippen LogP contribution in [0.15, 0.2) is 44.8 Å². The lowest BCUT2D eigenvalue weighted by Gasteiger charge is -2.35. The van der Waals surface area contributed by atoms with Gasteiger partial charge in [-0.05, 0) is 36.4 Å². The van der Waals surface area contributed by atoms with Crippen LogP contribution in [0.1, 0.15) is 12.8 Å². The third kappa shape index (κ3) is 4.82. The maximum absolute atomic E-state index is 12.9. The molecule has 0 radical (unpaired) electrons. The van der Waals surface area contributed by atoms with E-state index < -0.39 is 36.7 Å². The Balaban J connectivity index is 1.46. The van der Waals surface area contributed by atoms with Gasteiger partial charge in [0.25, 0.3) is 15.7 Å². The maximum atomic E-state index is 12.9. The number of nitro groups is 1. The van der Waals surface area contributed by atoms with Gasteiger partial charge in [0, 0.05) is 32.2 Å². The first kappa shape index (κ1) is 25.0. The second kappa shape index (κ2) is 9.85. The number of benzene rings is 1. The molecule has 4 rings (SSSR count). The molecule has 3 heterocycles. The third-order valence-corrected chi connectivity index (χ3v) is 11.1. The molecule has 2 aromatic rings. The predicted octanol–water partition coefficient (Wildman–Crippen LogP) is 1.73. The molecule has 0 amide bonds. The van der Waals surface area contributed by atoms with Crippen LogP contribution in [0.2, 0.25) is 0 Å². The molecule has 0 atom stereocenters. The SMILES string of the molecule is O=[N+]([O-])c1ccsc1S(=O)(=O)N1CCC(N(O)c2cccc(S(=O)(=O)N3CCOCC3)c2)CC1. The number of hydrogen-bond donors (Lipinski definition) is 1. The number of hydrogen-bond acceptors (Lipinski definition) is 10. The minimum absolute atomic E-state index is 0.0518. The Morgan fingerprint density at radius 3 is 2.32 bits per heavy atom. The van der Waals surface area contributed by atoms with Gasteiger partial charge in [-0.1, -0.05) is 6.07 Å². The molecule has 0 saturated carbocycles. The number of nitrogens with zero attached hydrogens (tertiary/aromatic N) is 4. The molecule has 0 unspecified atom stereocenters. The summed E-state index contributed by atoms with van der Waals surface area (Å²) >= 11 is 0.798. The zero-order chi connectivity index (χ0) is 24.5. The summed E-state index contributed by atoms with van der Waals surface area (Å²) < 4.78 is 59.1. The second-order valence-corrected chi connectivity index (χ2v) is 12.8. The van der Waals surface area contributed by atoms with Crippen LogP contribution in [-0.4, -0.2) is 81.0 Å². The molecular weight excluding hydrogens is 508 g/mol. The highest BCUT2D eigenvalue weighted by molar-refractivity contribution is 7.91. The normalized spacial score (nSPS) is 19.2. The van der Waals surface area contributed by atoms with Gasteiger partial charge in [-0.25, -0.2) is 16.8 Å². The fourth-order valence-corrected chi connectivity index (χ4v) is 8.33. The highest BCUT2D eigenvalue weighted by Crippen LogP contribution is 2.34. The van der Waals surface area contributed by atoms with Crippen LogP contribution < -0.4 is 5.06 Å². The molecule has 0 bridgehead atoms. The van der Waals surface area contributed by atoms with Crippen LogP contribution >= 0.6 is 11.3 Å². The number of anilines is 1. The fraction of sp³-hybridized carbons (Fsp3) is 0.474. The molecule has 2 aliphatic heterocycles. The number of hydroxylamine groups is 1.